The predicted molar refractivity (Wildman–Crippen MR) is 121 cm³/mol. The number of aryl methyl sites for hydroxylation is 2. The molecule has 4 N–H and O–H groups in total. The maximum atomic E-state index is 10.3. The normalized spacial score (nSPS) is 24.4. The van der Waals surface area contributed by atoms with E-state index in [4.69, 9.17) is 28.4 Å². The minimum Gasteiger partial charge on any atom is -0.493 e. The van der Waals surface area contributed by atoms with Crippen molar-refractivity contribution in [1.82, 2.24) is 0 Å². The fourth-order valence-corrected chi connectivity index (χ4v) is 3.83. The van der Waals surface area contributed by atoms with Gasteiger partial charge in [-0.15, -0.1) is 0 Å². The van der Waals surface area contributed by atoms with E-state index in [1.165, 1.54) is 7.11 Å². The zero-order chi connectivity index (χ0) is 24.8. The zero-order valence-electron chi connectivity index (χ0n) is 19.6. The highest BCUT2D eigenvalue weighted by Gasteiger charge is 2.45. The van der Waals surface area contributed by atoms with Crippen molar-refractivity contribution in [3.8, 4) is 28.7 Å². The van der Waals surface area contributed by atoms with Gasteiger partial charge in [-0.3, -0.25) is 0 Å². The smallest absolute Gasteiger partial charge is 0.229 e. The van der Waals surface area contributed by atoms with Crippen LogP contribution in [-0.4, -0.2) is 86.2 Å². The summed E-state index contributed by atoms with van der Waals surface area (Å²) in [6.45, 7) is -0.545. The first-order chi connectivity index (χ1) is 16.4. The number of ether oxygens (including phenoxy) is 6. The zero-order valence-corrected chi connectivity index (χ0v) is 19.6. The average molecular weight is 481 g/mol. The lowest BCUT2D eigenvalue weighted by Gasteiger charge is -2.39. The third-order valence-corrected chi connectivity index (χ3v) is 5.75. The SMILES string of the molecule is COc1ccc(CCc2cc(OC)c(OC)c(OC)c2)cc1OC1OC(CO)C(O)C(O)C1O. The fraction of sp³-hybridized carbons (Fsp3) is 0.500. The number of rotatable bonds is 10. The highest BCUT2D eigenvalue weighted by Crippen LogP contribution is 2.39. The van der Waals surface area contributed by atoms with E-state index in [-0.39, 0.29) is 5.75 Å². The minimum atomic E-state index is -1.54. The van der Waals surface area contributed by atoms with Gasteiger partial charge in [-0.1, -0.05) is 6.07 Å². The summed E-state index contributed by atoms with van der Waals surface area (Å²) in [6.07, 6.45) is -5.62. The summed E-state index contributed by atoms with van der Waals surface area (Å²) in [5.41, 5.74) is 1.89. The van der Waals surface area contributed by atoms with Crippen LogP contribution in [0, 0.1) is 0 Å². The lowest BCUT2D eigenvalue weighted by molar-refractivity contribution is -0.277. The van der Waals surface area contributed by atoms with Gasteiger partial charge in [0.05, 0.1) is 35.0 Å². The van der Waals surface area contributed by atoms with Crippen molar-refractivity contribution < 1.29 is 48.8 Å². The standard InChI is InChI=1S/C24H32O10/c1-29-15-8-7-13(5-6-14-10-17(30-2)23(32-4)18(11-14)31-3)9-16(15)33-24-22(28)21(27)20(26)19(12-25)34-24/h7-11,19-22,24-28H,5-6,12H2,1-4H3. The molecule has 2 aromatic rings. The molecule has 0 aromatic heterocycles. The molecule has 0 amide bonds. The highest BCUT2D eigenvalue weighted by atomic mass is 16.7. The number of hydrogen-bond acceptors (Lipinski definition) is 10. The summed E-state index contributed by atoms with van der Waals surface area (Å²) in [5.74, 6) is 2.34. The number of aliphatic hydroxyl groups is 4. The van der Waals surface area contributed by atoms with Gasteiger partial charge in [0, 0.05) is 0 Å². The molecule has 2 aromatic carbocycles. The molecule has 0 radical (unpaired) electrons. The first-order valence-corrected chi connectivity index (χ1v) is 10.8. The lowest BCUT2D eigenvalue weighted by atomic mass is 9.99. The van der Waals surface area contributed by atoms with Crippen molar-refractivity contribution in [2.75, 3.05) is 35.0 Å². The molecule has 1 heterocycles. The molecule has 3 rings (SSSR count). The van der Waals surface area contributed by atoms with Crippen LogP contribution < -0.4 is 23.7 Å². The van der Waals surface area contributed by atoms with Crippen molar-refractivity contribution in [2.24, 2.45) is 0 Å². The van der Waals surface area contributed by atoms with E-state index in [0.717, 1.165) is 11.1 Å². The summed E-state index contributed by atoms with van der Waals surface area (Å²) in [5, 5.41) is 39.7. The van der Waals surface area contributed by atoms with Gasteiger partial charge in [-0.05, 0) is 48.2 Å². The van der Waals surface area contributed by atoms with E-state index >= 15 is 0 Å². The van der Waals surface area contributed by atoms with Crippen molar-refractivity contribution in [3.63, 3.8) is 0 Å². The van der Waals surface area contributed by atoms with Crippen LogP contribution >= 0.6 is 0 Å². The molecule has 188 valence electrons. The third kappa shape index (κ3) is 5.48. The Morgan fingerprint density at radius 1 is 0.706 bits per heavy atom. The van der Waals surface area contributed by atoms with Gasteiger partial charge < -0.3 is 48.8 Å². The molecule has 0 aliphatic carbocycles. The molecule has 10 nitrogen and oxygen atoms in total. The van der Waals surface area contributed by atoms with Gasteiger partial charge in [0.25, 0.3) is 0 Å². The van der Waals surface area contributed by atoms with E-state index in [9.17, 15) is 20.4 Å². The van der Waals surface area contributed by atoms with Crippen LogP contribution in [0.3, 0.4) is 0 Å². The summed E-state index contributed by atoms with van der Waals surface area (Å²) in [4.78, 5) is 0. The van der Waals surface area contributed by atoms with Crippen LogP contribution in [0.1, 0.15) is 11.1 Å². The average Bonchev–Trinajstić information content (AvgIpc) is 2.86. The van der Waals surface area contributed by atoms with E-state index in [1.54, 1.807) is 33.5 Å². The summed E-state index contributed by atoms with van der Waals surface area (Å²) in [7, 11) is 6.15. The molecule has 1 saturated heterocycles. The van der Waals surface area contributed by atoms with Crippen molar-refractivity contribution in [3.05, 3.63) is 41.5 Å². The maximum Gasteiger partial charge on any atom is 0.229 e. The Labute approximate surface area is 198 Å². The Morgan fingerprint density at radius 3 is 1.85 bits per heavy atom. The van der Waals surface area contributed by atoms with Gasteiger partial charge in [-0.25, -0.2) is 0 Å². The Kier molecular flexibility index (Phi) is 8.81. The molecule has 1 aliphatic rings. The second-order valence-corrected chi connectivity index (χ2v) is 7.83. The molecular formula is C24H32O10. The lowest BCUT2D eigenvalue weighted by Crippen LogP contribution is -2.60. The van der Waals surface area contributed by atoms with Gasteiger partial charge in [-0.2, -0.15) is 0 Å². The van der Waals surface area contributed by atoms with Gasteiger partial charge in [0.2, 0.25) is 12.0 Å². The largest absolute Gasteiger partial charge is 0.493 e. The minimum absolute atomic E-state index is 0.286. The molecule has 1 fully saturated rings. The molecule has 0 saturated carbocycles. The Balaban J connectivity index is 1.78. The first kappa shape index (κ1) is 25.9. The number of methoxy groups -OCH3 is 4. The number of hydrogen-bond donors (Lipinski definition) is 4. The molecule has 0 bridgehead atoms. The van der Waals surface area contributed by atoms with Crippen molar-refractivity contribution in [1.29, 1.82) is 0 Å². The van der Waals surface area contributed by atoms with Crippen LogP contribution in [0.15, 0.2) is 30.3 Å². The topological polar surface area (TPSA) is 136 Å². The molecule has 5 unspecified atom stereocenters. The van der Waals surface area contributed by atoms with Gasteiger partial charge >= 0.3 is 0 Å². The van der Waals surface area contributed by atoms with E-state index in [1.807, 2.05) is 18.2 Å². The Morgan fingerprint density at radius 2 is 1.29 bits per heavy atom. The summed E-state index contributed by atoms with van der Waals surface area (Å²) in [6, 6.07) is 9.13. The molecule has 1 aliphatic heterocycles. The van der Waals surface area contributed by atoms with E-state index < -0.39 is 37.3 Å². The quantitative estimate of drug-likeness (QED) is 0.384. The fourth-order valence-electron chi connectivity index (χ4n) is 3.83. The second kappa shape index (κ2) is 11.6. The molecular weight excluding hydrogens is 448 g/mol. The van der Waals surface area contributed by atoms with E-state index in [2.05, 4.69) is 0 Å². The third-order valence-electron chi connectivity index (χ3n) is 5.75. The molecule has 10 heteroatoms. The monoisotopic (exact) mass is 480 g/mol. The first-order valence-electron chi connectivity index (χ1n) is 10.8. The van der Waals surface area contributed by atoms with Crippen LogP contribution in [0.25, 0.3) is 0 Å². The van der Waals surface area contributed by atoms with E-state index in [0.29, 0.717) is 35.8 Å². The predicted octanol–water partition coefficient (Wildman–Crippen LogP) is 0.685. The maximum absolute atomic E-state index is 10.3. The number of benzene rings is 2. The highest BCUT2D eigenvalue weighted by molar-refractivity contribution is 5.54. The van der Waals surface area contributed by atoms with Crippen LogP contribution in [0.4, 0.5) is 0 Å². The molecule has 0 spiro atoms. The summed E-state index contributed by atoms with van der Waals surface area (Å²) < 4.78 is 32.8. The summed E-state index contributed by atoms with van der Waals surface area (Å²) >= 11 is 0. The molecule has 5 atom stereocenters. The Bertz CT molecular complexity index is 922. The van der Waals surface area contributed by atoms with Crippen LogP contribution in [0.5, 0.6) is 28.7 Å². The van der Waals surface area contributed by atoms with Crippen LogP contribution in [0.2, 0.25) is 0 Å². The molecule has 34 heavy (non-hydrogen) atoms. The van der Waals surface area contributed by atoms with Crippen LogP contribution in [-0.2, 0) is 17.6 Å². The van der Waals surface area contributed by atoms with Crippen molar-refractivity contribution >= 4 is 0 Å². The van der Waals surface area contributed by atoms with Crippen molar-refractivity contribution in [2.45, 2.75) is 43.5 Å². The van der Waals surface area contributed by atoms with Gasteiger partial charge in [0.15, 0.2) is 23.0 Å². The Hall–Kier alpha value is -2.76. The van der Waals surface area contributed by atoms with Gasteiger partial charge in [0.1, 0.15) is 24.4 Å². The second-order valence-electron chi connectivity index (χ2n) is 7.83. The number of aliphatic hydroxyl groups excluding tert-OH is 4.